The molecule has 0 atom stereocenters. The molecule has 1 aliphatic heterocycles. The largest absolute Gasteiger partial charge is 0.508 e. The zero-order valence-corrected chi connectivity index (χ0v) is 13.6. The van der Waals surface area contributed by atoms with Crippen molar-refractivity contribution >= 4 is 29.6 Å². The summed E-state index contributed by atoms with van der Waals surface area (Å²) >= 11 is 0. The number of carbonyl (C=O) groups excluding carboxylic acids is 3. The van der Waals surface area contributed by atoms with Crippen LogP contribution in [0.2, 0.25) is 0 Å². The number of carbonyl (C=O) groups is 3. The summed E-state index contributed by atoms with van der Waals surface area (Å²) in [5.74, 6) is -1.65. The lowest BCUT2D eigenvalue weighted by molar-refractivity contribution is -0.122. The van der Waals surface area contributed by atoms with Crippen LogP contribution in [0.25, 0.3) is 6.08 Å². The summed E-state index contributed by atoms with van der Waals surface area (Å²) < 4.78 is 5.03. The third kappa shape index (κ3) is 3.07. The first-order chi connectivity index (χ1) is 12.4. The molecule has 0 unspecified atom stereocenters. The topological polar surface area (TPSA) is 116 Å². The van der Waals surface area contributed by atoms with Gasteiger partial charge in [0.15, 0.2) is 0 Å². The molecule has 1 saturated heterocycles. The van der Waals surface area contributed by atoms with Gasteiger partial charge in [-0.1, -0.05) is 0 Å². The summed E-state index contributed by atoms with van der Waals surface area (Å²) in [6.07, 6.45) is 1.15. The number of anilines is 1. The second kappa shape index (κ2) is 6.60. The smallest absolute Gasteiger partial charge is 0.335 e. The molecule has 8 nitrogen and oxygen atoms in total. The van der Waals surface area contributed by atoms with Gasteiger partial charge in [-0.2, -0.15) is 0 Å². The van der Waals surface area contributed by atoms with Crippen molar-refractivity contribution < 1.29 is 29.3 Å². The third-order valence-electron chi connectivity index (χ3n) is 3.75. The normalized spacial score (nSPS) is 16.0. The van der Waals surface area contributed by atoms with Crippen molar-refractivity contribution in [3.05, 3.63) is 53.6 Å². The lowest BCUT2D eigenvalue weighted by atomic mass is 10.1. The van der Waals surface area contributed by atoms with Crippen LogP contribution in [0, 0.1) is 0 Å². The third-order valence-corrected chi connectivity index (χ3v) is 3.75. The standard InChI is InChI=1S/C18H14N2O6/c1-26-13-6-3-11(4-7-13)20-17(24)14(16(23)19-18(20)25)8-10-2-5-12(21)9-15(10)22/h2-9,21-22H,1H3,(H,19,23,25)/b14-8-. The number of aromatic hydroxyl groups is 2. The molecule has 0 radical (unpaired) electrons. The first kappa shape index (κ1) is 17.0. The zero-order valence-electron chi connectivity index (χ0n) is 13.6. The summed E-state index contributed by atoms with van der Waals surface area (Å²) in [6, 6.07) is 8.98. The Morgan fingerprint density at radius 3 is 2.35 bits per heavy atom. The predicted molar refractivity (Wildman–Crippen MR) is 91.8 cm³/mol. The van der Waals surface area contributed by atoms with E-state index in [1.165, 1.54) is 31.4 Å². The molecule has 0 aliphatic carbocycles. The van der Waals surface area contributed by atoms with E-state index in [9.17, 15) is 24.6 Å². The molecule has 2 aromatic rings. The summed E-state index contributed by atoms with van der Waals surface area (Å²) in [5, 5.41) is 21.3. The van der Waals surface area contributed by atoms with Gasteiger partial charge in [0, 0.05) is 11.6 Å². The van der Waals surface area contributed by atoms with Crippen LogP contribution in [0.1, 0.15) is 5.56 Å². The van der Waals surface area contributed by atoms with Crippen molar-refractivity contribution in [2.24, 2.45) is 0 Å². The number of nitrogens with one attached hydrogen (secondary N) is 1. The van der Waals surface area contributed by atoms with Crippen LogP contribution in [-0.2, 0) is 9.59 Å². The van der Waals surface area contributed by atoms with E-state index in [2.05, 4.69) is 5.32 Å². The van der Waals surface area contributed by atoms with Gasteiger partial charge in [-0.25, -0.2) is 9.69 Å². The maximum atomic E-state index is 12.7. The fourth-order valence-electron chi connectivity index (χ4n) is 2.43. The van der Waals surface area contributed by atoms with Gasteiger partial charge in [0.1, 0.15) is 22.8 Å². The quantitative estimate of drug-likeness (QED) is 0.571. The Hall–Kier alpha value is -3.81. The van der Waals surface area contributed by atoms with Crippen LogP contribution < -0.4 is 15.0 Å². The molecule has 0 spiro atoms. The van der Waals surface area contributed by atoms with Crippen molar-refractivity contribution in [2.75, 3.05) is 12.0 Å². The minimum atomic E-state index is -0.878. The zero-order chi connectivity index (χ0) is 18.8. The monoisotopic (exact) mass is 354 g/mol. The van der Waals surface area contributed by atoms with E-state index in [0.29, 0.717) is 5.75 Å². The molecule has 1 fully saturated rings. The lowest BCUT2D eigenvalue weighted by Crippen LogP contribution is -2.54. The van der Waals surface area contributed by atoms with Gasteiger partial charge in [-0.15, -0.1) is 0 Å². The maximum absolute atomic E-state index is 12.7. The summed E-state index contributed by atoms with van der Waals surface area (Å²) in [5.41, 5.74) is 0.0633. The molecule has 0 bridgehead atoms. The Labute approximate surface area is 147 Å². The molecule has 3 N–H and O–H groups in total. The highest BCUT2D eigenvalue weighted by molar-refractivity contribution is 6.39. The summed E-state index contributed by atoms with van der Waals surface area (Å²) in [4.78, 5) is 37.7. The van der Waals surface area contributed by atoms with Gasteiger partial charge in [-0.05, 0) is 42.5 Å². The van der Waals surface area contributed by atoms with Crippen LogP contribution in [-0.4, -0.2) is 35.2 Å². The number of barbiturate groups is 1. The molecule has 0 aromatic heterocycles. The molecule has 8 heteroatoms. The maximum Gasteiger partial charge on any atom is 0.335 e. The number of methoxy groups -OCH3 is 1. The van der Waals surface area contributed by atoms with Crippen molar-refractivity contribution in [1.82, 2.24) is 5.32 Å². The number of hydrogen-bond donors (Lipinski definition) is 3. The number of amides is 4. The van der Waals surface area contributed by atoms with E-state index in [0.717, 1.165) is 17.0 Å². The van der Waals surface area contributed by atoms with Gasteiger partial charge < -0.3 is 14.9 Å². The minimum Gasteiger partial charge on any atom is -0.508 e. The highest BCUT2D eigenvalue weighted by Gasteiger charge is 2.36. The Morgan fingerprint density at radius 1 is 1.04 bits per heavy atom. The molecule has 2 aromatic carbocycles. The number of rotatable bonds is 3. The number of phenolic OH excluding ortho intramolecular Hbond substituents is 2. The van der Waals surface area contributed by atoms with Gasteiger partial charge in [0.2, 0.25) is 0 Å². The van der Waals surface area contributed by atoms with Crippen molar-refractivity contribution in [1.29, 1.82) is 0 Å². The molecular weight excluding hydrogens is 340 g/mol. The molecule has 1 heterocycles. The van der Waals surface area contributed by atoms with E-state index in [1.807, 2.05) is 0 Å². The van der Waals surface area contributed by atoms with E-state index >= 15 is 0 Å². The first-order valence-electron chi connectivity index (χ1n) is 7.48. The second-order valence-electron chi connectivity index (χ2n) is 5.40. The number of nitrogens with zero attached hydrogens (tertiary/aromatic N) is 1. The fraction of sp³-hybridized carbons (Fsp3) is 0.0556. The average Bonchev–Trinajstić information content (AvgIpc) is 2.60. The Kier molecular flexibility index (Phi) is 4.32. The first-order valence-corrected chi connectivity index (χ1v) is 7.48. The highest BCUT2D eigenvalue weighted by Crippen LogP contribution is 2.27. The number of urea groups is 1. The minimum absolute atomic E-state index is 0.144. The van der Waals surface area contributed by atoms with E-state index < -0.39 is 17.8 Å². The van der Waals surface area contributed by atoms with E-state index in [4.69, 9.17) is 4.74 Å². The lowest BCUT2D eigenvalue weighted by Gasteiger charge is -2.26. The summed E-state index contributed by atoms with van der Waals surface area (Å²) in [7, 11) is 1.48. The molecule has 132 valence electrons. The van der Waals surface area contributed by atoms with Gasteiger partial charge in [0.05, 0.1) is 12.8 Å². The Bertz CT molecular complexity index is 933. The van der Waals surface area contributed by atoms with Crippen molar-refractivity contribution in [2.45, 2.75) is 0 Å². The molecular formula is C18H14N2O6. The Balaban J connectivity index is 2.00. The fourth-order valence-corrected chi connectivity index (χ4v) is 2.43. The number of imide groups is 2. The number of ether oxygens (including phenoxy) is 1. The molecule has 4 amide bonds. The predicted octanol–water partition coefficient (Wildman–Crippen LogP) is 1.77. The Morgan fingerprint density at radius 2 is 1.73 bits per heavy atom. The van der Waals surface area contributed by atoms with Crippen LogP contribution in [0.3, 0.4) is 0 Å². The van der Waals surface area contributed by atoms with Crippen molar-refractivity contribution in [3.8, 4) is 17.2 Å². The molecule has 26 heavy (non-hydrogen) atoms. The number of phenols is 2. The molecule has 0 saturated carbocycles. The van der Waals surface area contributed by atoms with Gasteiger partial charge in [0.25, 0.3) is 11.8 Å². The van der Waals surface area contributed by atoms with Crippen molar-refractivity contribution in [3.63, 3.8) is 0 Å². The summed E-state index contributed by atoms with van der Waals surface area (Å²) in [6.45, 7) is 0. The van der Waals surface area contributed by atoms with Crippen LogP contribution >= 0.6 is 0 Å². The average molecular weight is 354 g/mol. The molecule has 3 rings (SSSR count). The van der Waals surface area contributed by atoms with Gasteiger partial charge in [-0.3, -0.25) is 14.9 Å². The SMILES string of the molecule is COc1ccc(N2C(=O)NC(=O)/C(=C/c3ccc(O)cc3O)C2=O)cc1. The number of benzene rings is 2. The van der Waals surface area contributed by atoms with E-state index in [1.54, 1.807) is 12.1 Å². The number of hydrogen-bond acceptors (Lipinski definition) is 6. The highest BCUT2D eigenvalue weighted by atomic mass is 16.5. The van der Waals surface area contributed by atoms with Crippen LogP contribution in [0.4, 0.5) is 10.5 Å². The van der Waals surface area contributed by atoms with Crippen LogP contribution in [0.5, 0.6) is 17.2 Å². The molecule has 1 aliphatic rings. The van der Waals surface area contributed by atoms with Gasteiger partial charge >= 0.3 is 6.03 Å². The van der Waals surface area contributed by atoms with E-state index in [-0.39, 0.29) is 28.3 Å². The second-order valence-corrected chi connectivity index (χ2v) is 5.40. The van der Waals surface area contributed by atoms with Crippen LogP contribution in [0.15, 0.2) is 48.0 Å².